The third-order valence-electron chi connectivity index (χ3n) is 3.97. The maximum atomic E-state index is 12.2. The molecule has 2 amide bonds. The molecule has 2 bridgehead atoms. The van der Waals surface area contributed by atoms with Crippen LogP contribution in [0.2, 0.25) is 0 Å². The molecule has 2 atom stereocenters. The second kappa shape index (κ2) is 5.75. The summed E-state index contributed by atoms with van der Waals surface area (Å²) in [6.45, 7) is 0.816. The number of carbonyl (C=O) groups is 2. The van der Waals surface area contributed by atoms with Crippen molar-refractivity contribution in [3.63, 3.8) is 0 Å². The van der Waals surface area contributed by atoms with Crippen molar-refractivity contribution in [2.24, 2.45) is 0 Å². The molecule has 2 saturated heterocycles. The van der Waals surface area contributed by atoms with Gasteiger partial charge in [-0.25, -0.2) is 9.59 Å². The van der Waals surface area contributed by atoms with Gasteiger partial charge in [0.25, 0.3) is 0 Å². The number of urea groups is 1. The standard InChI is InChI=1S/C15H18N2O5/c1-20-12-4-3-9(5-13(12)21-2)7-16-15(19)17-8-10-6-11(17)14(18)22-10/h3-5,10-11H,6-8H2,1-2H3,(H,16,19)/t10-,11+/m1/s1. The van der Waals surface area contributed by atoms with Gasteiger partial charge in [0, 0.05) is 13.0 Å². The molecule has 2 aliphatic rings. The Labute approximate surface area is 128 Å². The number of nitrogens with zero attached hydrogens (tertiary/aromatic N) is 1. The smallest absolute Gasteiger partial charge is 0.329 e. The van der Waals surface area contributed by atoms with Gasteiger partial charge in [0.15, 0.2) is 11.5 Å². The molecule has 3 rings (SSSR count). The Bertz CT molecular complexity index is 604. The van der Waals surface area contributed by atoms with E-state index in [0.29, 0.717) is 31.0 Å². The van der Waals surface area contributed by atoms with Gasteiger partial charge in [-0.15, -0.1) is 0 Å². The van der Waals surface area contributed by atoms with Crippen LogP contribution in [0.4, 0.5) is 4.79 Å². The number of hydrogen-bond acceptors (Lipinski definition) is 5. The van der Waals surface area contributed by atoms with Crippen LogP contribution >= 0.6 is 0 Å². The van der Waals surface area contributed by atoms with Crippen molar-refractivity contribution in [1.29, 1.82) is 0 Å². The van der Waals surface area contributed by atoms with E-state index >= 15 is 0 Å². The Morgan fingerprint density at radius 1 is 1.36 bits per heavy atom. The molecule has 1 aromatic rings. The molecule has 2 fully saturated rings. The number of ether oxygens (including phenoxy) is 3. The summed E-state index contributed by atoms with van der Waals surface area (Å²) in [6, 6.07) is 4.76. The number of nitrogens with one attached hydrogen (secondary N) is 1. The minimum Gasteiger partial charge on any atom is -0.493 e. The van der Waals surface area contributed by atoms with Gasteiger partial charge >= 0.3 is 12.0 Å². The topological polar surface area (TPSA) is 77.1 Å². The summed E-state index contributed by atoms with van der Waals surface area (Å²) in [6.07, 6.45) is 0.451. The van der Waals surface area contributed by atoms with Gasteiger partial charge in [-0.3, -0.25) is 0 Å². The highest BCUT2D eigenvalue weighted by Crippen LogP contribution is 2.29. The number of likely N-dealkylation sites (tertiary alicyclic amines) is 1. The molecule has 0 saturated carbocycles. The van der Waals surface area contributed by atoms with Crippen molar-refractivity contribution < 1.29 is 23.8 Å². The third kappa shape index (κ3) is 2.54. The highest BCUT2D eigenvalue weighted by Gasteiger charge is 2.48. The maximum absolute atomic E-state index is 12.2. The second-order valence-electron chi connectivity index (χ2n) is 5.31. The van der Waals surface area contributed by atoms with Gasteiger partial charge in [0.1, 0.15) is 12.1 Å². The summed E-state index contributed by atoms with van der Waals surface area (Å²) in [5.74, 6) is 0.938. The number of methoxy groups -OCH3 is 2. The lowest BCUT2D eigenvalue weighted by molar-refractivity contribution is -0.149. The van der Waals surface area contributed by atoms with Gasteiger partial charge in [-0.2, -0.15) is 0 Å². The number of hydrogen-bond donors (Lipinski definition) is 1. The number of morpholine rings is 1. The zero-order valence-electron chi connectivity index (χ0n) is 12.5. The molecule has 2 heterocycles. The summed E-state index contributed by atoms with van der Waals surface area (Å²) < 4.78 is 15.5. The number of rotatable bonds is 4. The minimum atomic E-state index is -0.435. The van der Waals surface area contributed by atoms with Gasteiger partial charge in [-0.05, 0) is 17.7 Å². The quantitative estimate of drug-likeness (QED) is 0.837. The van der Waals surface area contributed by atoms with Crippen molar-refractivity contribution in [1.82, 2.24) is 10.2 Å². The Kier molecular flexibility index (Phi) is 3.79. The zero-order chi connectivity index (χ0) is 15.7. The number of fused-ring (bicyclic) bond motifs is 2. The first kappa shape index (κ1) is 14.5. The predicted molar refractivity (Wildman–Crippen MR) is 76.8 cm³/mol. The number of esters is 1. The lowest BCUT2D eigenvalue weighted by Crippen LogP contribution is -2.48. The Morgan fingerprint density at radius 3 is 2.77 bits per heavy atom. The second-order valence-corrected chi connectivity index (χ2v) is 5.31. The highest BCUT2D eigenvalue weighted by atomic mass is 16.6. The third-order valence-corrected chi connectivity index (χ3v) is 3.97. The van der Waals surface area contributed by atoms with Gasteiger partial charge in [0.05, 0.1) is 20.8 Å². The molecule has 0 unspecified atom stereocenters. The highest BCUT2D eigenvalue weighted by molar-refractivity contribution is 5.86. The average molecular weight is 306 g/mol. The van der Waals surface area contributed by atoms with Crippen LogP contribution in [-0.2, 0) is 16.1 Å². The van der Waals surface area contributed by atoms with Crippen molar-refractivity contribution in [2.45, 2.75) is 25.1 Å². The van der Waals surface area contributed by atoms with Gasteiger partial charge in [0.2, 0.25) is 0 Å². The molecule has 1 aromatic carbocycles. The molecular weight excluding hydrogens is 288 g/mol. The average Bonchev–Trinajstić information content (AvgIpc) is 3.11. The van der Waals surface area contributed by atoms with E-state index in [0.717, 1.165) is 5.56 Å². The van der Waals surface area contributed by atoms with E-state index in [1.165, 1.54) is 4.90 Å². The van der Waals surface area contributed by atoms with Crippen molar-refractivity contribution in [2.75, 3.05) is 20.8 Å². The van der Waals surface area contributed by atoms with Crippen LogP contribution in [-0.4, -0.2) is 49.8 Å². The fraction of sp³-hybridized carbons (Fsp3) is 0.467. The van der Waals surface area contributed by atoms with Crippen LogP contribution in [0.1, 0.15) is 12.0 Å². The Hall–Kier alpha value is -2.44. The van der Waals surface area contributed by atoms with E-state index < -0.39 is 6.04 Å². The summed E-state index contributed by atoms with van der Waals surface area (Å²) in [5, 5.41) is 2.82. The molecule has 118 valence electrons. The SMILES string of the molecule is COc1ccc(CNC(=O)N2C[C@H]3C[C@H]2C(=O)O3)cc1OC. The first-order valence-corrected chi connectivity index (χ1v) is 7.08. The lowest BCUT2D eigenvalue weighted by atomic mass is 10.2. The first-order chi connectivity index (χ1) is 10.6. The van der Waals surface area contributed by atoms with Crippen molar-refractivity contribution in [3.05, 3.63) is 23.8 Å². The van der Waals surface area contributed by atoms with Crippen LogP contribution < -0.4 is 14.8 Å². The number of carbonyl (C=O) groups excluding carboxylic acids is 2. The monoisotopic (exact) mass is 306 g/mol. The van der Waals surface area contributed by atoms with Gasteiger partial charge < -0.3 is 24.4 Å². The maximum Gasteiger partial charge on any atom is 0.329 e. The van der Waals surface area contributed by atoms with Crippen molar-refractivity contribution >= 4 is 12.0 Å². The van der Waals surface area contributed by atoms with Crippen LogP contribution in [0.25, 0.3) is 0 Å². The summed E-state index contributed by atoms with van der Waals surface area (Å²) in [7, 11) is 3.13. The fourth-order valence-corrected chi connectivity index (χ4v) is 2.84. The fourth-order valence-electron chi connectivity index (χ4n) is 2.84. The molecular formula is C15H18N2O5. The molecule has 0 radical (unpaired) electrons. The van der Waals surface area contributed by atoms with Crippen molar-refractivity contribution in [3.8, 4) is 11.5 Å². The van der Waals surface area contributed by atoms with E-state index in [1.807, 2.05) is 12.1 Å². The molecule has 0 aliphatic carbocycles. The zero-order valence-corrected chi connectivity index (χ0v) is 12.5. The molecule has 0 aromatic heterocycles. The van der Waals surface area contributed by atoms with Crippen LogP contribution in [0.5, 0.6) is 11.5 Å². The molecule has 0 spiro atoms. The first-order valence-electron chi connectivity index (χ1n) is 7.08. The van der Waals surface area contributed by atoms with E-state index in [2.05, 4.69) is 5.32 Å². The van der Waals surface area contributed by atoms with Gasteiger partial charge in [-0.1, -0.05) is 6.07 Å². The molecule has 2 aliphatic heterocycles. The number of benzene rings is 1. The largest absolute Gasteiger partial charge is 0.493 e. The molecule has 7 nitrogen and oxygen atoms in total. The van der Waals surface area contributed by atoms with Crippen LogP contribution in [0.3, 0.4) is 0 Å². The molecule has 7 heteroatoms. The molecule has 22 heavy (non-hydrogen) atoms. The lowest BCUT2D eigenvalue weighted by Gasteiger charge is -2.25. The summed E-state index contributed by atoms with van der Waals surface area (Å²) >= 11 is 0. The summed E-state index contributed by atoms with van der Waals surface area (Å²) in [4.78, 5) is 25.2. The van der Waals surface area contributed by atoms with E-state index in [1.54, 1.807) is 20.3 Å². The van der Waals surface area contributed by atoms with E-state index in [4.69, 9.17) is 14.2 Å². The summed E-state index contributed by atoms with van der Waals surface area (Å²) in [5.41, 5.74) is 0.887. The number of amides is 2. The van der Waals surface area contributed by atoms with Crippen LogP contribution in [0.15, 0.2) is 18.2 Å². The Balaban J connectivity index is 1.61. The minimum absolute atomic E-state index is 0.149. The van der Waals surface area contributed by atoms with Crippen LogP contribution in [0, 0.1) is 0 Å². The normalized spacial score (nSPS) is 22.5. The Morgan fingerprint density at radius 2 is 2.14 bits per heavy atom. The molecule has 1 N–H and O–H groups in total. The predicted octanol–water partition coefficient (Wildman–Crippen LogP) is 0.913. The van der Waals surface area contributed by atoms with E-state index in [-0.39, 0.29) is 18.1 Å². The van der Waals surface area contributed by atoms with E-state index in [9.17, 15) is 9.59 Å².